The molecule has 1 rings (SSSR count). The van der Waals surface area contributed by atoms with Gasteiger partial charge in [-0.25, -0.2) is 0 Å². The predicted octanol–water partition coefficient (Wildman–Crippen LogP) is 3.97. The third-order valence-corrected chi connectivity index (χ3v) is 3.23. The lowest BCUT2D eigenvalue weighted by Gasteiger charge is -2.24. The maximum atomic E-state index is 11.2. The van der Waals surface area contributed by atoms with Crippen LogP contribution in [0.15, 0.2) is 30.3 Å². The second-order valence-corrected chi connectivity index (χ2v) is 5.02. The largest absolute Gasteiger partial charge is 0.281 e. The summed E-state index contributed by atoms with van der Waals surface area (Å²) in [7, 11) is 0. The van der Waals surface area contributed by atoms with Crippen LogP contribution in [0.3, 0.4) is 0 Å². The molecule has 0 aliphatic rings. The van der Waals surface area contributed by atoms with Crippen molar-refractivity contribution in [2.45, 2.75) is 33.1 Å². The van der Waals surface area contributed by atoms with Crippen molar-refractivity contribution in [1.29, 1.82) is 0 Å². The van der Waals surface area contributed by atoms with Crippen molar-refractivity contribution < 1.29 is 4.79 Å². The molecule has 0 aromatic heterocycles. The predicted molar refractivity (Wildman–Crippen MR) is 64.1 cm³/mol. The molecule has 0 N–H and O–H groups in total. The molecular weight excluding hydrogens is 208 g/mol. The lowest BCUT2D eigenvalue weighted by atomic mass is 9.82. The van der Waals surface area contributed by atoms with E-state index in [4.69, 9.17) is 11.6 Å². The molecular formula is C13H17ClO. The van der Waals surface area contributed by atoms with Crippen LogP contribution in [0.5, 0.6) is 0 Å². The van der Waals surface area contributed by atoms with E-state index in [0.29, 0.717) is 5.92 Å². The SMILES string of the molecule is CC(CC(C)(C)C(=O)Cl)c1ccccc1. The van der Waals surface area contributed by atoms with Gasteiger partial charge in [-0.1, -0.05) is 51.1 Å². The van der Waals surface area contributed by atoms with E-state index in [9.17, 15) is 4.79 Å². The lowest BCUT2D eigenvalue weighted by molar-refractivity contribution is -0.119. The summed E-state index contributed by atoms with van der Waals surface area (Å²) in [5.41, 5.74) is 0.806. The molecule has 2 heteroatoms. The van der Waals surface area contributed by atoms with Crippen LogP contribution in [-0.2, 0) is 4.79 Å². The highest BCUT2D eigenvalue weighted by atomic mass is 35.5. The monoisotopic (exact) mass is 224 g/mol. The molecule has 82 valence electrons. The number of carbonyl (C=O) groups excluding carboxylic acids is 1. The van der Waals surface area contributed by atoms with Gasteiger partial charge in [0.05, 0.1) is 0 Å². The molecule has 0 aliphatic carbocycles. The van der Waals surface area contributed by atoms with Crippen molar-refractivity contribution in [3.63, 3.8) is 0 Å². The molecule has 0 heterocycles. The summed E-state index contributed by atoms with van der Waals surface area (Å²) in [6.07, 6.45) is 0.777. The number of hydrogen-bond donors (Lipinski definition) is 0. The fraction of sp³-hybridized carbons (Fsp3) is 0.462. The first kappa shape index (κ1) is 12.3. The molecule has 0 aliphatic heterocycles. The topological polar surface area (TPSA) is 17.1 Å². The molecule has 1 aromatic carbocycles. The second-order valence-electron chi connectivity index (χ2n) is 4.67. The van der Waals surface area contributed by atoms with Gasteiger partial charge in [-0.2, -0.15) is 0 Å². The normalized spacial score (nSPS) is 13.6. The van der Waals surface area contributed by atoms with Crippen molar-refractivity contribution in [3.05, 3.63) is 35.9 Å². The van der Waals surface area contributed by atoms with Crippen LogP contribution >= 0.6 is 11.6 Å². The van der Waals surface area contributed by atoms with Gasteiger partial charge in [-0.05, 0) is 29.5 Å². The van der Waals surface area contributed by atoms with Crippen LogP contribution < -0.4 is 0 Å². The molecule has 0 amide bonds. The third kappa shape index (κ3) is 3.35. The summed E-state index contributed by atoms with van der Waals surface area (Å²) in [4.78, 5) is 11.2. The van der Waals surface area contributed by atoms with Crippen molar-refractivity contribution in [1.82, 2.24) is 0 Å². The van der Waals surface area contributed by atoms with Crippen LogP contribution in [0, 0.1) is 5.41 Å². The van der Waals surface area contributed by atoms with Crippen molar-refractivity contribution >= 4 is 16.8 Å². The summed E-state index contributed by atoms with van der Waals surface area (Å²) in [6.45, 7) is 5.90. The molecule has 0 bridgehead atoms. The minimum absolute atomic E-state index is 0.259. The number of carbonyl (C=O) groups is 1. The molecule has 1 atom stereocenters. The second kappa shape index (κ2) is 4.80. The third-order valence-electron chi connectivity index (χ3n) is 2.72. The Bertz CT molecular complexity index is 330. The van der Waals surface area contributed by atoms with Gasteiger partial charge in [-0.15, -0.1) is 0 Å². The Labute approximate surface area is 96.5 Å². The molecule has 0 saturated carbocycles. The highest BCUT2D eigenvalue weighted by Crippen LogP contribution is 2.32. The number of rotatable bonds is 4. The maximum absolute atomic E-state index is 11.2. The fourth-order valence-electron chi connectivity index (χ4n) is 1.75. The van der Waals surface area contributed by atoms with E-state index in [-0.39, 0.29) is 5.24 Å². The Hall–Kier alpha value is -0.820. The van der Waals surface area contributed by atoms with Crippen molar-refractivity contribution in [2.24, 2.45) is 5.41 Å². The fourth-order valence-corrected chi connectivity index (χ4v) is 1.82. The van der Waals surface area contributed by atoms with Gasteiger partial charge < -0.3 is 0 Å². The zero-order valence-electron chi connectivity index (χ0n) is 9.46. The molecule has 0 spiro atoms. The summed E-state index contributed by atoms with van der Waals surface area (Å²) in [6, 6.07) is 10.2. The van der Waals surface area contributed by atoms with Crippen LogP contribution in [0.25, 0.3) is 0 Å². The molecule has 1 aromatic rings. The Morgan fingerprint density at radius 1 is 1.33 bits per heavy atom. The van der Waals surface area contributed by atoms with Gasteiger partial charge in [0.25, 0.3) is 0 Å². The van der Waals surface area contributed by atoms with Crippen LogP contribution in [0.1, 0.15) is 38.7 Å². The molecule has 1 nitrogen and oxygen atoms in total. The smallest absolute Gasteiger partial charge is 0.227 e. The van der Waals surface area contributed by atoms with Crippen LogP contribution in [0.2, 0.25) is 0 Å². The van der Waals surface area contributed by atoms with Crippen LogP contribution in [0.4, 0.5) is 0 Å². The zero-order chi connectivity index (χ0) is 11.5. The van der Waals surface area contributed by atoms with Crippen molar-refractivity contribution in [3.8, 4) is 0 Å². The summed E-state index contributed by atoms with van der Waals surface area (Å²) in [5.74, 6) is 0.351. The van der Waals surface area contributed by atoms with Gasteiger partial charge in [-0.3, -0.25) is 4.79 Å². The molecule has 0 saturated heterocycles. The Balaban J connectivity index is 2.72. The van der Waals surface area contributed by atoms with E-state index in [1.54, 1.807) is 0 Å². The van der Waals surface area contributed by atoms with Gasteiger partial charge in [0.15, 0.2) is 0 Å². The minimum Gasteiger partial charge on any atom is -0.281 e. The van der Waals surface area contributed by atoms with Crippen LogP contribution in [-0.4, -0.2) is 5.24 Å². The van der Waals surface area contributed by atoms with E-state index in [2.05, 4.69) is 19.1 Å². The zero-order valence-corrected chi connectivity index (χ0v) is 10.2. The molecule has 15 heavy (non-hydrogen) atoms. The van der Waals surface area contributed by atoms with E-state index >= 15 is 0 Å². The molecule has 0 radical (unpaired) electrons. The van der Waals surface area contributed by atoms with E-state index in [0.717, 1.165) is 6.42 Å². The Morgan fingerprint density at radius 3 is 2.33 bits per heavy atom. The number of benzene rings is 1. The average Bonchev–Trinajstić information content (AvgIpc) is 2.18. The van der Waals surface area contributed by atoms with E-state index in [1.165, 1.54) is 5.56 Å². The lowest BCUT2D eigenvalue weighted by Crippen LogP contribution is -2.21. The molecule has 0 fully saturated rings. The average molecular weight is 225 g/mol. The first-order valence-electron chi connectivity index (χ1n) is 5.18. The Kier molecular flexibility index (Phi) is 3.92. The van der Waals surface area contributed by atoms with E-state index in [1.807, 2.05) is 32.0 Å². The van der Waals surface area contributed by atoms with Gasteiger partial charge >= 0.3 is 0 Å². The number of hydrogen-bond acceptors (Lipinski definition) is 1. The van der Waals surface area contributed by atoms with Gasteiger partial charge in [0.2, 0.25) is 5.24 Å². The maximum Gasteiger partial charge on any atom is 0.227 e. The molecule has 1 unspecified atom stereocenters. The minimum atomic E-state index is -0.448. The summed E-state index contributed by atoms with van der Waals surface area (Å²) < 4.78 is 0. The first-order chi connectivity index (χ1) is 6.93. The summed E-state index contributed by atoms with van der Waals surface area (Å²) in [5, 5.41) is -0.259. The van der Waals surface area contributed by atoms with Gasteiger partial charge in [0, 0.05) is 5.41 Å². The van der Waals surface area contributed by atoms with Gasteiger partial charge in [0.1, 0.15) is 0 Å². The quantitative estimate of drug-likeness (QED) is 0.708. The Morgan fingerprint density at radius 2 is 1.87 bits per heavy atom. The van der Waals surface area contributed by atoms with E-state index < -0.39 is 5.41 Å². The number of halogens is 1. The highest BCUT2D eigenvalue weighted by molar-refractivity contribution is 6.64. The summed E-state index contributed by atoms with van der Waals surface area (Å²) >= 11 is 5.56. The highest BCUT2D eigenvalue weighted by Gasteiger charge is 2.28. The standard InChI is InChI=1S/C13H17ClO/c1-10(9-13(2,3)12(14)15)11-7-5-4-6-8-11/h4-8,10H,9H2,1-3H3. The van der Waals surface area contributed by atoms with Crippen molar-refractivity contribution in [2.75, 3.05) is 0 Å². The first-order valence-corrected chi connectivity index (χ1v) is 5.56.